The van der Waals surface area contributed by atoms with Crippen LogP contribution in [0.5, 0.6) is 5.75 Å². The minimum atomic E-state index is -0.847. The average molecular weight is 448 g/mol. The van der Waals surface area contributed by atoms with Crippen LogP contribution in [0.1, 0.15) is 25.3 Å². The molecule has 1 atom stereocenters. The van der Waals surface area contributed by atoms with Crippen LogP contribution < -0.4 is 10.1 Å². The fourth-order valence-corrected chi connectivity index (χ4v) is 4.01. The number of halogens is 1. The van der Waals surface area contributed by atoms with Gasteiger partial charge in [-0.25, -0.2) is 14.0 Å². The van der Waals surface area contributed by atoms with E-state index in [0.29, 0.717) is 36.7 Å². The van der Waals surface area contributed by atoms with Gasteiger partial charge >= 0.3 is 11.9 Å². The molecule has 9 heteroatoms. The van der Waals surface area contributed by atoms with E-state index in [0.717, 1.165) is 13.1 Å². The first-order valence-corrected chi connectivity index (χ1v) is 10.4. The molecule has 1 aromatic carbocycles. The predicted octanol–water partition coefficient (Wildman–Crippen LogP) is 2.12. The summed E-state index contributed by atoms with van der Waals surface area (Å²) < 4.78 is 35.4. The molecule has 0 saturated carbocycles. The number of carbonyl (C=O) groups is 2. The SMILES string of the molecule is COC(=O)C1=C(C)NC(C)=C(C(=O)OCCN2CCOCC2)C1c1ccc(OC)c(F)c1. The van der Waals surface area contributed by atoms with E-state index in [2.05, 4.69) is 10.2 Å². The summed E-state index contributed by atoms with van der Waals surface area (Å²) in [7, 11) is 2.63. The Morgan fingerprint density at radius 2 is 1.78 bits per heavy atom. The Bertz CT molecular complexity index is 936. The molecule has 1 N–H and O–H groups in total. The van der Waals surface area contributed by atoms with Gasteiger partial charge in [0.15, 0.2) is 11.6 Å². The molecule has 0 amide bonds. The van der Waals surface area contributed by atoms with E-state index in [-0.39, 0.29) is 23.5 Å². The lowest BCUT2D eigenvalue weighted by molar-refractivity contribution is -0.140. The summed E-state index contributed by atoms with van der Waals surface area (Å²) in [6, 6.07) is 4.36. The lowest BCUT2D eigenvalue weighted by atomic mass is 9.80. The molecule has 174 valence electrons. The van der Waals surface area contributed by atoms with Crippen molar-refractivity contribution in [2.45, 2.75) is 19.8 Å². The van der Waals surface area contributed by atoms with Crippen LogP contribution in [0.3, 0.4) is 0 Å². The van der Waals surface area contributed by atoms with Crippen molar-refractivity contribution < 1.29 is 32.9 Å². The van der Waals surface area contributed by atoms with Gasteiger partial charge in [0.1, 0.15) is 6.61 Å². The fraction of sp³-hybridized carbons (Fsp3) is 0.478. The number of methoxy groups -OCH3 is 2. The molecule has 0 aliphatic carbocycles. The predicted molar refractivity (Wildman–Crippen MR) is 114 cm³/mol. The Labute approximate surface area is 186 Å². The summed E-state index contributed by atoms with van der Waals surface area (Å²) in [6.07, 6.45) is 0. The second-order valence-corrected chi connectivity index (χ2v) is 7.61. The first-order chi connectivity index (χ1) is 15.4. The van der Waals surface area contributed by atoms with Crippen LogP contribution in [0.15, 0.2) is 40.7 Å². The van der Waals surface area contributed by atoms with Crippen molar-refractivity contribution in [3.05, 3.63) is 52.1 Å². The summed E-state index contributed by atoms with van der Waals surface area (Å²) in [4.78, 5) is 27.9. The second kappa shape index (κ2) is 10.6. The average Bonchev–Trinajstić information content (AvgIpc) is 2.78. The van der Waals surface area contributed by atoms with E-state index in [1.54, 1.807) is 19.9 Å². The number of dihydropyridines is 1. The maximum Gasteiger partial charge on any atom is 0.336 e. The van der Waals surface area contributed by atoms with Crippen LogP contribution in [0.4, 0.5) is 4.39 Å². The molecule has 1 unspecified atom stereocenters. The van der Waals surface area contributed by atoms with Crippen LogP contribution in [-0.2, 0) is 23.8 Å². The van der Waals surface area contributed by atoms with Gasteiger partial charge in [-0.05, 0) is 31.5 Å². The summed E-state index contributed by atoms with van der Waals surface area (Å²) in [5.41, 5.74) is 1.95. The zero-order valence-corrected chi connectivity index (χ0v) is 18.8. The highest BCUT2D eigenvalue weighted by Crippen LogP contribution is 2.40. The lowest BCUT2D eigenvalue weighted by Crippen LogP contribution is -2.39. The molecule has 0 spiro atoms. The third kappa shape index (κ3) is 5.11. The molecule has 2 aliphatic rings. The van der Waals surface area contributed by atoms with Gasteiger partial charge in [0, 0.05) is 31.0 Å². The number of morpholine rings is 1. The van der Waals surface area contributed by atoms with Gasteiger partial charge in [-0.2, -0.15) is 0 Å². The van der Waals surface area contributed by atoms with Crippen LogP contribution in [0.2, 0.25) is 0 Å². The zero-order valence-electron chi connectivity index (χ0n) is 18.8. The zero-order chi connectivity index (χ0) is 23.3. The Morgan fingerprint density at radius 3 is 2.38 bits per heavy atom. The Hall–Kier alpha value is -2.91. The fourth-order valence-electron chi connectivity index (χ4n) is 4.01. The smallest absolute Gasteiger partial charge is 0.336 e. The Balaban J connectivity index is 1.90. The van der Waals surface area contributed by atoms with Crippen molar-refractivity contribution in [1.82, 2.24) is 10.2 Å². The lowest BCUT2D eigenvalue weighted by Gasteiger charge is -2.31. The summed E-state index contributed by atoms with van der Waals surface area (Å²) in [5.74, 6) is -2.55. The van der Waals surface area contributed by atoms with E-state index in [1.807, 2.05) is 0 Å². The molecule has 8 nitrogen and oxygen atoms in total. The van der Waals surface area contributed by atoms with E-state index < -0.39 is 23.7 Å². The topological polar surface area (TPSA) is 86.3 Å². The number of carbonyl (C=O) groups excluding carboxylic acids is 2. The minimum Gasteiger partial charge on any atom is -0.494 e. The standard InChI is InChI=1S/C23H29FN2O6/c1-14-19(22(27)30-4)21(16-5-6-18(29-3)17(24)13-16)20(15(2)25-14)23(28)32-12-9-26-7-10-31-11-8-26/h5-6,13,21,25H,7-12H2,1-4H3. The van der Waals surface area contributed by atoms with Gasteiger partial charge < -0.3 is 24.3 Å². The van der Waals surface area contributed by atoms with Gasteiger partial charge in [0.25, 0.3) is 0 Å². The third-order valence-electron chi connectivity index (χ3n) is 5.64. The number of allylic oxidation sites excluding steroid dienone is 2. The van der Waals surface area contributed by atoms with Crippen LogP contribution >= 0.6 is 0 Å². The summed E-state index contributed by atoms with van der Waals surface area (Å²) in [5, 5.41) is 3.06. The van der Waals surface area contributed by atoms with Crippen molar-refractivity contribution in [1.29, 1.82) is 0 Å². The number of nitrogens with one attached hydrogen (secondary N) is 1. The third-order valence-corrected chi connectivity index (χ3v) is 5.64. The number of esters is 2. The monoisotopic (exact) mass is 448 g/mol. The molecule has 1 saturated heterocycles. The summed E-state index contributed by atoms with van der Waals surface area (Å²) in [6.45, 7) is 7.07. The Kier molecular flexibility index (Phi) is 7.87. The van der Waals surface area contributed by atoms with Crippen molar-refractivity contribution in [3.63, 3.8) is 0 Å². The summed E-state index contributed by atoms with van der Waals surface area (Å²) >= 11 is 0. The number of nitrogens with zero attached hydrogens (tertiary/aromatic N) is 1. The largest absolute Gasteiger partial charge is 0.494 e. The first kappa shape index (κ1) is 23.7. The number of hydrogen-bond acceptors (Lipinski definition) is 8. The van der Waals surface area contributed by atoms with E-state index in [9.17, 15) is 14.0 Å². The van der Waals surface area contributed by atoms with E-state index >= 15 is 0 Å². The van der Waals surface area contributed by atoms with Crippen LogP contribution in [0, 0.1) is 5.82 Å². The maximum absolute atomic E-state index is 14.5. The van der Waals surface area contributed by atoms with Crippen molar-refractivity contribution in [3.8, 4) is 5.75 Å². The minimum absolute atomic E-state index is 0.0679. The molecule has 0 radical (unpaired) electrons. The quantitative estimate of drug-likeness (QED) is 0.635. The molecule has 2 heterocycles. The van der Waals surface area contributed by atoms with Crippen molar-refractivity contribution in [2.75, 3.05) is 53.7 Å². The molecule has 0 bridgehead atoms. The first-order valence-electron chi connectivity index (χ1n) is 10.4. The second-order valence-electron chi connectivity index (χ2n) is 7.61. The molecule has 2 aliphatic heterocycles. The highest BCUT2D eigenvalue weighted by atomic mass is 19.1. The van der Waals surface area contributed by atoms with Crippen LogP contribution in [0.25, 0.3) is 0 Å². The maximum atomic E-state index is 14.5. The Morgan fingerprint density at radius 1 is 1.12 bits per heavy atom. The number of ether oxygens (including phenoxy) is 4. The highest BCUT2D eigenvalue weighted by Gasteiger charge is 2.38. The molecular weight excluding hydrogens is 419 g/mol. The molecule has 3 rings (SSSR count). The molecule has 1 fully saturated rings. The van der Waals surface area contributed by atoms with Gasteiger partial charge in [0.05, 0.1) is 44.5 Å². The molecule has 32 heavy (non-hydrogen) atoms. The van der Waals surface area contributed by atoms with E-state index in [4.69, 9.17) is 18.9 Å². The molecule has 0 aromatic heterocycles. The van der Waals surface area contributed by atoms with Crippen molar-refractivity contribution >= 4 is 11.9 Å². The molecular formula is C23H29FN2O6. The van der Waals surface area contributed by atoms with Gasteiger partial charge in [0.2, 0.25) is 0 Å². The number of rotatable bonds is 7. The van der Waals surface area contributed by atoms with Gasteiger partial charge in [-0.15, -0.1) is 0 Å². The number of benzene rings is 1. The normalized spacial score (nSPS) is 19.5. The number of hydrogen-bond donors (Lipinski definition) is 1. The highest BCUT2D eigenvalue weighted by molar-refractivity contribution is 5.99. The van der Waals surface area contributed by atoms with Crippen LogP contribution in [-0.4, -0.2) is 70.5 Å². The van der Waals surface area contributed by atoms with E-state index in [1.165, 1.54) is 26.4 Å². The van der Waals surface area contributed by atoms with Crippen molar-refractivity contribution in [2.24, 2.45) is 0 Å². The van der Waals surface area contributed by atoms with Gasteiger partial charge in [-0.1, -0.05) is 6.07 Å². The molecule has 1 aromatic rings. The van der Waals surface area contributed by atoms with Gasteiger partial charge in [-0.3, -0.25) is 4.90 Å².